The van der Waals surface area contributed by atoms with Gasteiger partial charge in [-0.05, 0) is 67.6 Å². The second-order valence-corrected chi connectivity index (χ2v) is 9.16. The van der Waals surface area contributed by atoms with Gasteiger partial charge in [-0.3, -0.25) is 13.9 Å². The van der Waals surface area contributed by atoms with E-state index in [2.05, 4.69) is 0 Å². The van der Waals surface area contributed by atoms with Crippen molar-refractivity contribution in [3.63, 3.8) is 0 Å². The maximum absolute atomic E-state index is 13.4. The lowest BCUT2D eigenvalue weighted by molar-refractivity contribution is -0.116. The van der Waals surface area contributed by atoms with Crippen molar-refractivity contribution in [3.8, 4) is 0 Å². The van der Waals surface area contributed by atoms with Gasteiger partial charge in [-0.1, -0.05) is 29.8 Å². The summed E-state index contributed by atoms with van der Waals surface area (Å²) in [5.41, 5.74) is 1.36. The summed E-state index contributed by atoms with van der Waals surface area (Å²) >= 11 is 5.90. The van der Waals surface area contributed by atoms with Crippen LogP contribution >= 0.6 is 11.6 Å². The van der Waals surface area contributed by atoms with Crippen molar-refractivity contribution < 1.29 is 18.0 Å². The Kier molecular flexibility index (Phi) is 6.77. The molecular weight excluding hydrogens is 436 g/mol. The highest BCUT2D eigenvalue weighted by molar-refractivity contribution is 7.92. The number of hydrogen-bond acceptors (Lipinski definition) is 4. The number of anilines is 2. The zero-order valence-corrected chi connectivity index (χ0v) is 18.6. The lowest BCUT2D eigenvalue weighted by atomic mass is 10.1. The monoisotopic (exact) mass is 456 g/mol. The van der Waals surface area contributed by atoms with E-state index in [1.807, 2.05) is 6.07 Å². The average Bonchev–Trinajstić information content (AvgIpc) is 2.77. The van der Waals surface area contributed by atoms with Crippen molar-refractivity contribution in [2.24, 2.45) is 0 Å². The molecule has 0 saturated carbocycles. The van der Waals surface area contributed by atoms with Crippen LogP contribution in [0.4, 0.5) is 11.4 Å². The Balaban J connectivity index is 2.00. The first-order valence-electron chi connectivity index (χ1n) is 9.41. The third-order valence-electron chi connectivity index (χ3n) is 4.76. The number of sulfonamides is 1. The Hall–Kier alpha value is -3.16. The molecule has 0 atom stereocenters. The largest absolute Gasteiger partial charge is 0.314 e. The first-order chi connectivity index (χ1) is 14.7. The number of para-hydroxylation sites is 1. The van der Waals surface area contributed by atoms with Crippen LogP contribution in [0.15, 0.2) is 83.8 Å². The van der Waals surface area contributed by atoms with Crippen molar-refractivity contribution in [1.82, 2.24) is 0 Å². The number of nitrogens with zero attached hydrogens (tertiary/aromatic N) is 2. The zero-order valence-electron chi connectivity index (χ0n) is 17.0. The minimum Gasteiger partial charge on any atom is -0.314 e. The van der Waals surface area contributed by atoms with Gasteiger partial charge in [0.2, 0.25) is 5.91 Å². The summed E-state index contributed by atoms with van der Waals surface area (Å²) in [6.07, 6.45) is 0. The van der Waals surface area contributed by atoms with Crippen LogP contribution in [-0.2, 0) is 14.8 Å². The van der Waals surface area contributed by atoms with Crippen LogP contribution < -0.4 is 9.21 Å². The molecule has 1 amide bonds. The summed E-state index contributed by atoms with van der Waals surface area (Å²) in [7, 11) is -2.49. The van der Waals surface area contributed by atoms with Gasteiger partial charge < -0.3 is 4.90 Å². The molecule has 0 unspecified atom stereocenters. The Bertz CT molecular complexity index is 1180. The lowest BCUT2D eigenvalue weighted by Gasteiger charge is -2.27. The Labute approximate surface area is 186 Å². The summed E-state index contributed by atoms with van der Waals surface area (Å²) in [4.78, 5) is 26.0. The molecular formula is C23H21ClN2O4S. The molecule has 0 bridgehead atoms. The van der Waals surface area contributed by atoms with Crippen LogP contribution in [0.1, 0.15) is 17.3 Å². The van der Waals surface area contributed by atoms with E-state index in [-0.39, 0.29) is 16.4 Å². The molecule has 0 aliphatic rings. The fraction of sp³-hybridized carbons (Fsp3) is 0.130. The van der Waals surface area contributed by atoms with E-state index in [9.17, 15) is 18.0 Å². The van der Waals surface area contributed by atoms with Crippen LogP contribution in [0.25, 0.3) is 0 Å². The molecule has 0 N–H and O–H groups in total. The highest BCUT2D eigenvalue weighted by atomic mass is 35.5. The summed E-state index contributed by atoms with van der Waals surface area (Å²) in [5, 5.41) is 0.399. The smallest absolute Gasteiger partial charge is 0.264 e. The average molecular weight is 457 g/mol. The fourth-order valence-corrected chi connectivity index (χ4v) is 4.48. The standard InChI is InChI=1S/C23H21ClN2O4S/c1-17(27)18-8-12-21(13-9-18)26(31(29,30)22-14-10-19(24)11-15-22)16-23(28)25(2)20-6-4-3-5-7-20/h3-15H,16H2,1-2H3. The number of likely N-dealkylation sites (N-methyl/N-ethyl adjacent to an activating group) is 1. The Morgan fingerprint density at radius 1 is 0.839 bits per heavy atom. The van der Waals surface area contributed by atoms with E-state index in [4.69, 9.17) is 11.6 Å². The maximum Gasteiger partial charge on any atom is 0.264 e. The number of amides is 1. The maximum atomic E-state index is 13.4. The second kappa shape index (κ2) is 9.32. The molecule has 0 radical (unpaired) electrons. The minimum atomic E-state index is -4.07. The summed E-state index contributed by atoms with van der Waals surface area (Å²) < 4.78 is 27.8. The Morgan fingerprint density at radius 3 is 1.97 bits per heavy atom. The molecule has 0 aliphatic carbocycles. The SMILES string of the molecule is CC(=O)c1ccc(N(CC(=O)N(C)c2ccccc2)S(=O)(=O)c2ccc(Cl)cc2)cc1. The number of carbonyl (C=O) groups is 2. The molecule has 0 spiro atoms. The van der Waals surface area contributed by atoms with Crippen LogP contribution in [0.3, 0.4) is 0 Å². The van der Waals surface area contributed by atoms with Gasteiger partial charge in [0, 0.05) is 23.3 Å². The Morgan fingerprint density at radius 2 is 1.42 bits per heavy atom. The third kappa shape index (κ3) is 5.13. The molecule has 3 rings (SSSR count). The second-order valence-electron chi connectivity index (χ2n) is 6.86. The highest BCUT2D eigenvalue weighted by Gasteiger charge is 2.28. The molecule has 0 saturated heterocycles. The number of hydrogen-bond donors (Lipinski definition) is 0. The van der Waals surface area contributed by atoms with Gasteiger partial charge in [-0.15, -0.1) is 0 Å². The number of ketones is 1. The van der Waals surface area contributed by atoms with E-state index in [0.29, 0.717) is 16.3 Å². The lowest BCUT2D eigenvalue weighted by Crippen LogP contribution is -2.41. The summed E-state index contributed by atoms with van der Waals surface area (Å²) in [6, 6.07) is 20.8. The predicted octanol–water partition coefficient (Wildman–Crippen LogP) is 4.40. The predicted molar refractivity (Wildman–Crippen MR) is 122 cm³/mol. The van der Waals surface area contributed by atoms with Gasteiger partial charge in [-0.25, -0.2) is 8.42 Å². The molecule has 3 aromatic carbocycles. The van der Waals surface area contributed by atoms with Gasteiger partial charge >= 0.3 is 0 Å². The first kappa shape index (κ1) is 22.5. The van der Waals surface area contributed by atoms with Crippen molar-refractivity contribution in [1.29, 1.82) is 0 Å². The van der Waals surface area contributed by atoms with E-state index < -0.39 is 22.5 Å². The van der Waals surface area contributed by atoms with E-state index in [0.717, 1.165) is 4.31 Å². The fourth-order valence-electron chi connectivity index (χ4n) is 2.94. The third-order valence-corrected chi connectivity index (χ3v) is 6.80. The first-order valence-corrected chi connectivity index (χ1v) is 11.2. The number of Topliss-reactive ketones (excluding diaryl/α,β-unsaturated/α-hetero) is 1. The van der Waals surface area contributed by atoms with Crippen LogP contribution in [0, 0.1) is 0 Å². The number of benzene rings is 3. The summed E-state index contributed by atoms with van der Waals surface area (Å²) in [6.45, 7) is 1.01. The summed E-state index contributed by atoms with van der Waals surface area (Å²) in [5.74, 6) is -0.557. The van der Waals surface area contributed by atoms with E-state index >= 15 is 0 Å². The topological polar surface area (TPSA) is 74.8 Å². The van der Waals surface area contributed by atoms with Crippen molar-refractivity contribution in [2.75, 3.05) is 22.8 Å². The zero-order chi connectivity index (χ0) is 22.6. The van der Waals surface area contributed by atoms with Gasteiger partial charge in [0.25, 0.3) is 10.0 Å². The van der Waals surface area contributed by atoms with E-state index in [1.54, 1.807) is 31.3 Å². The van der Waals surface area contributed by atoms with Crippen molar-refractivity contribution >= 4 is 44.7 Å². The van der Waals surface area contributed by atoms with Crippen LogP contribution in [0.2, 0.25) is 5.02 Å². The number of carbonyl (C=O) groups excluding carboxylic acids is 2. The molecule has 0 aromatic heterocycles. The molecule has 6 nitrogen and oxygen atoms in total. The molecule has 31 heavy (non-hydrogen) atoms. The molecule has 8 heteroatoms. The van der Waals surface area contributed by atoms with Gasteiger partial charge in [0.05, 0.1) is 10.6 Å². The normalized spacial score (nSPS) is 11.1. The quantitative estimate of drug-likeness (QED) is 0.494. The molecule has 0 fully saturated rings. The van der Waals surface area contributed by atoms with Gasteiger partial charge in [-0.2, -0.15) is 0 Å². The minimum absolute atomic E-state index is 0.00251. The van der Waals surface area contributed by atoms with Crippen LogP contribution in [-0.4, -0.2) is 33.7 Å². The van der Waals surface area contributed by atoms with E-state index in [1.165, 1.54) is 60.4 Å². The number of rotatable bonds is 7. The highest BCUT2D eigenvalue weighted by Crippen LogP contribution is 2.26. The van der Waals surface area contributed by atoms with Crippen molar-refractivity contribution in [3.05, 3.63) is 89.4 Å². The molecule has 3 aromatic rings. The molecule has 0 aliphatic heterocycles. The van der Waals surface area contributed by atoms with Gasteiger partial charge in [0.15, 0.2) is 5.78 Å². The molecule has 0 heterocycles. The van der Waals surface area contributed by atoms with Crippen LogP contribution in [0.5, 0.6) is 0 Å². The van der Waals surface area contributed by atoms with Gasteiger partial charge in [0.1, 0.15) is 6.54 Å². The number of halogens is 1. The molecule has 160 valence electrons. The van der Waals surface area contributed by atoms with Crippen molar-refractivity contribution in [2.45, 2.75) is 11.8 Å².